The Morgan fingerprint density at radius 2 is 1.79 bits per heavy atom. The molecule has 0 aromatic heterocycles. The van der Waals surface area contributed by atoms with E-state index in [0.717, 1.165) is 13.1 Å². The number of likely N-dealkylation sites (N-methyl/N-ethyl adjacent to an activating group) is 2. The van der Waals surface area contributed by atoms with Crippen LogP contribution in [-0.2, 0) is 5.41 Å². The van der Waals surface area contributed by atoms with Gasteiger partial charge in [-0.3, -0.25) is 4.90 Å². The highest BCUT2D eigenvalue weighted by atomic mass is 15.3. The van der Waals surface area contributed by atoms with E-state index in [0.29, 0.717) is 6.04 Å². The molecule has 1 aromatic rings. The summed E-state index contributed by atoms with van der Waals surface area (Å²) in [5.74, 6) is 0. The Balaban J connectivity index is 2.30. The number of hydrogen-bond acceptors (Lipinski definition) is 2. The summed E-state index contributed by atoms with van der Waals surface area (Å²) in [6.07, 6.45) is 0. The Hall–Kier alpha value is -0.860. The zero-order chi connectivity index (χ0) is 14.2. The predicted molar refractivity (Wildman–Crippen MR) is 82.7 cm³/mol. The molecule has 0 spiro atoms. The molecule has 1 heterocycles. The van der Waals surface area contributed by atoms with Crippen LogP contribution in [0.15, 0.2) is 18.2 Å². The fourth-order valence-corrected chi connectivity index (χ4v) is 2.86. The molecule has 0 aliphatic carbocycles. The number of nitrogens with zero attached hydrogens (tertiary/aromatic N) is 2. The summed E-state index contributed by atoms with van der Waals surface area (Å²) in [4.78, 5) is 4.92. The van der Waals surface area contributed by atoms with Crippen molar-refractivity contribution in [2.45, 2.75) is 39.2 Å². The third-order valence-electron chi connectivity index (χ3n) is 4.35. The fraction of sp³-hybridized carbons (Fsp3) is 0.647. The minimum Gasteiger partial charge on any atom is -0.303 e. The monoisotopic (exact) mass is 260 g/mol. The van der Waals surface area contributed by atoms with Crippen LogP contribution in [0.3, 0.4) is 0 Å². The van der Waals surface area contributed by atoms with Gasteiger partial charge in [0.1, 0.15) is 0 Å². The molecule has 0 radical (unpaired) electrons. The van der Waals surface area contributed by atoms with Gasteiger partial charge in [-0.15, -0.1) is 0 Å². The minimum atomic E-state index is 0.235. The van der Waals surface area contributed by atoms with Gasteiger partial charge in [-0.2, -0.15) is 0 Å². The van der Waals surface area contributed by atoms with Crippen LogP contribution in [-0.4, -0.2) is 43.5 Å². The standard InChI is InChI=1S/C17H28N2/c1-13-11-14(17(2,3)4)7-8-15(13)16-12-18(5)9-10-19(16)6/h7-8,11,16H,9-10,12H2,1-6H3. The van der Waals surface area contributed by atoms with E-state index in [1.165, 1.54) is 23.2 Å². The molecule has 1 aromatic carbocycles. The van der Waals surface area contributed by atoms with Gasteiger partial charge in [0.15, 0.2) is 0 Å². The van der Waals surface area contributed by atoms with E-state index in [2.05, 4.69) is 69.8 Å². The summed E-state index contributed by atoms with van der Waals surface area (Å²) in [6, 6.07) is 7.56. The van der Waals surface area contributed by atoms with Gasteiger partial charge >= 0.3 is 0 Å². The molecule has 106 valence electrons. The summed E-state index contributed by atoms with van der Waals surface area (Å²) in [5.41, 5.74) is 4.58. The van der Waals surface area contributed by atoms with Crippen LogP contribution in [0, 0.1) is 6.92 Å². The minimum absolute atomic E-state index is 0.235. The highest BCUT2D eigenvalue weighted by Crippen LogP contribution is 2.30. The summed E-state index contributed by atoms with van der Waals surface area (Å²) in [6.45, 7) is 12.6. The van der Waals surface area contributed by atoms with E-state index in [9.17, 15) is 0 Å². The maximum absolute atomic E-state index is 2.49. The van der Waals surface area contributed by atoms with Crippen LogP contribution in [0.25, 0.3) is 0 Å². The van der Waals surface area contributed by atoms with E-state index in [4.69, 9.17) is 0 Å². The molecular weight excluding hydrogens is 232 g/mol. The van der Waals surface area contributed by atoms with Crippen molar-refractivity contribution in [3.05, 3.63) is 34.9 Å². The van der Waals surface area contributed by atoms with Gasteiger partial charge in [-0.1, -0.05) is 39.0 Å². The normalized spacial score (nSPS) is 22.7. The van der Waals surface area contributed by atoms with Gasteiger partial charge in [0, 0.05) is 25.7 Å². The van der Waals surface area contributed by atoms with Crippen molar-refractivity contribution in [1.82, 2.24) is 9.80 Å². The summed E-state index contributed by atoms with van der Waals surface area (Å²) in [5, 5.41) is 0. The van der Waals surface area contributed by atoms with Crippen LogP contribution >= 0.6 is 0 Å². The first kappa shape index (κ1) is 14.5. The Morgan fingerprint density at radius 1 is 1.11 bits per heavy atom. The Labute approximate surface area is 118 Å². The van der Waals surface area contributed by atoms with Crippen molar-refractivity contribution >= 4 is 0 Å². The lowest BCUT2D eigenvalue weighted by Crippen LogP contribution is -2.45. The average molecular weight is 260 g/mol. The SMILES string of the molecule is Cc1cc(C(C)(C)C)ccc1C1CN(C)CCN1C. The van der Waals surface area contributed by atoms with Crippen molar-refractivity contribution < 1.29 is 0 Å². The lowest BCUT2D eigenvalue weighted by Gasteiger charge is -2.38. The molecular formula is C17H28N2. The molecule has 1 fully saturated rings. The molecule has 0 bridgehead atoms. The van der Waals surface area contributed by atoms with Crippen molar-refractivity contribution in [1.29, 1.82) is 0 Å². The fourth-order valence-electron chi connectivity index (χ4n) is 2.86. The second-order valence-electron chi connectivity index (χ2n) is 7.08. The van der Waals surface area contributed by atoms with Crippen molar-refractivity contribution in [2.75, 3.05) is 33.7 Å². The van der Waals surface area contributed by atoms with Crippen molar-refractivity contribution in [3.63, 3.8) is 0 Å². The van der Waals surface area contributed by atoms with Crippen LogP contribution in [0.4, 0.5) is 0 Å². The maximum atomic E-state index is 2.49. The number of benzene rings is 1. The number of rotatable bonds is 1. The van der Waals surface area contributed by atoms with E-state index < -0.39 is 0 Å². The molecule has 19 heavy (non-hydrogen) atoms. The molecule has 2 nitrogen and oxygen atoms in total. The third kappa shape index (κ3) is 3.18. The van der Waals surface area contributed by atoms with Gasteiger partial charge in [-0.05, 0) is 43.1 Å². The van der Waals surface area contributed by atoms with E-state index >= 15 is 0 Å². The van der Waals surface area contributed by atoms with Gasteiger partial charge in [-0.25, -0.2) is 0 Å². The lowest BCUT2D eigenvalue weighted by atomic mass is 9.84. The van der Waals surface area contributed by atoms with Crippen molar-refractivity contribution in [3.8, 4) is 0 Å². The van der Waals surface area contributed by atoms with Crippen LogP contribution < -0.4 is 0 Å². The molecule has 0 amide bonds. The highest BCUT2D eigenvalue weighted by molar-refractivity contribution is 5.36. The number of hydrogen-bond donors (Lipinski definition) is 0. The third-order valence-corrected chi connectivity index (χ3v) is 4.35. The van der Waals surface area contributed by atoms with Crippen molar-refractivity contribution in [2.24, 2.45) is 0 Å². The van der Waals surface area contributed by atoms with Crippen LogP contribution in [0.1, 0.15) is 43.5 Å². The number of aryl methyl sites for hydroxylation is 1. The first-order chi connectivity index (χ1) is 8.79. The quantitative estimate of drug-likeness (QED) is 0.765. The average Bonchev–Trinajstić information content (AvgIpc) is 2.31. The first-order valence-corrected chi connectivity index (χ1v) is 7.29. The van der Waals surface area contributed by atoms with Gasteiger partial charge in [0.25, 0.3) is 0 Å². The largest absolute Gasteiger partial charge is 0.303 e. The van der Waals surface area contributed by atoms with E-state index in [1.807, 2.05) is 0 Å². The van der Waals surface area contributed by atoms with E-state index in [1.54, 1.807) is 0 Å². The molecule has 1 atom stereocenters. The molecule has 2 heteroatoms. The Kier molecular flexibility index (Phi) is 4.03. The second kappa shape index (κ2) is 5.26. The molecule has 1 unspecified atom stereocenters. The summed E-state index contributed by atoms with van der Waals surface area (Å²) in [7, 11) is 4.47. The molecule has 0 N–H and O–H groups in total. The smallest absolute Gasteiger partial charge is 0.0475 e. The number of piperazine rings is 1. The van der Waals surface area contributed by atoms with Gasteiger partial charge < -0.3 is 4.90 Å². The molecule has 0 saturated carbocycles. The summed E-state index contributed by atoms with van der Waals surface area (Å²) < 4.78 is 0. The van der Waals surface area contributed by atoms with Crippen LogP contribution in [0.2, 0.25) is 0 Å². The topological polar surface area (TPSA) is 6.48 Å². The second-order valence-corrected chi connectivity index (χ2v) is 7.08. The highest BCUT2D eigenvalue weighted by Gasteiger charge is 2.25. The lowest BCUT2D eigenvalue weighted by molar-refractivity contribution is 0.114. The molecule has 1 aliphatic rings. The van der Waals surface area contributed by atoms with Gasteiger partial charge in [0.05, 0.1) is 0 Å². The zero-order valence-corrected chi connectivity index (χ0v) is 13.3. The van der Waals surface area contributed by atoms with E-state index in [-0.39, 0.29) is 5.41 Å². The summed E-state index contributed by atoms with van der Waals surface area (Å²) >= 11 is 0. The van der Waals surface area contributed by atoms with Crippen LogP contribution in [0.5, 0.6) is 0 Å². The maximum Gasteiger partial charge on any atom is 0.0475 e. The molecule has 1 saturated heterocycles. The molecule has 1 aliphatic heterocycles. The Bertz CT molecular complexity index is 445. The first-order valence-electron chi connectivity index (χ1n) is 7.29. The Morgan fingerprint density at radius 3 is 2.37 bits per heavy atom. The van der Waals surface area contributed by atoms with Gasteiger partial charge in [0.2, 0.25) is 0 Å². The molecule has 2 rings (SSSR count). The predicted octanol–water partition coefficient (Wildman–Crippen LogP) is 3.21. The zero-order valence-electron chi connectivity index (χ0n) is 13.3.